The highest BCUT2D eigenvalue weighted by Crippen LogP contribution is 2.40. The van der Waals surface area contributed by atoms with Crippen LogP contribution in [0.3, 0.4) is 0 Å². The Bertz CT molecular complexity index is 1180. The summed E-state index contributed by atoms with van der Waals surface area (Å²) in [6.07, 6.45) is 10.7. The van der Waals surface area contributed by atoms with Gasteiger partial charge in [0.1, 0.15) is 0 Å². The predicted molar refractivity (Wildman–Crippen MR) is 174 cm³/mol. The number of halogens is 1. The summed E-state index contributed by atoms with van der Waals surface area (Å²) in [7, 11) is -0.601. The number of carbonyl (C=O) groups is 2. The van der Waals surface area contributed by atoms with Crippen molar-refractivity contribution in [1.29, 1.82) is 0 Å². The van der Waals surface area contributed by atoms with Crippen LogP contribution in [0.25, 0.3) is 10.1 Å². The van der Waals surface area contributed by atoms with Crippen molar-refractivity contribution in [2.45, 2.75) is 69.5 Å². The second kappa shape index (κ2) is 14.7. The lowest BCUT2D eigenvalue weighted by Crippen LogP contribution is -2.43. The van der Waals surface area contributed by atoms with Crippen LogP contribution in [0.2, 0.25) is 23.2 Å². The van der Waals surface area contributed by atoms with Crippen molar-refractivity contribution in [3.63, 3.8) is 0 Å². The Labute approximate surface area is 252 Å². The average molecular weight is 625 g/mol. The normalized spacial score (nSPS) is 18.9. The summed E-state index contributed by atoms with van der Waals surface area (Å²) in [6, 6.07) is 8.29. The minimum atomic E-state index is -2.01. The van der Waals surface area contributed by atoms with Crippen molar-refractivity contribution in [3.05, 3.63) is 58.5 Å². The Hall–Kier alpha value is -1.03. The summed E-state index contributed by atoms with van der Waals surface area (Å²) in [5.74, 6) is 2.17. The van der Waals surface area contributed by atoms with E-state index in [-0.39, 0.29) is 34.1 Å². The third kappa shape index (κ3) is 9.23. The lowest BCUT2D eigenvalue weighted by molar-refractivity contribution is -0.137. The second-order valence-electron chi connectivity index (χ2n) is 11.3. The zero-order valence-electron chi connectivity index (χ0n) is 23.8. The maximum absolute atomic E-state index is 12.6. The van der Waals surface area contributed by atoms with Gasteiger partial charge in [0.15, 0.2) is 14.1 Å². The predicted octanol–water partition coefficient (Wildman–Crippen LogP) is 8.59. The molecule has 0 radical (unpaired) electrons. The Morgan fingerprint density at radius 3 is 2.67 bits per heavy atom. The SMILES string of the molecule is COC(=O)CSCCCSC1C(=O)C=CC1/C=C/C(CCc1sc2ccccc2c1Cl)O[Si](C)(C)C(C)(C)C. The number of hydrogen-bond acceptors (Lipinski definition) is 7. The molecule has 3 rings (SSSR count). The first-order chi connectivity index (χ1) is 18.4. The van der Waals surface area contributed by atoms with Gasteiger partial charge < -0.3 is 9.16 Å². The van der Waals surface area contributed by atoms with E-state index >= 15 is 0 Å². The van der Waals surface area contributed by atoms with Gasteiger partial charge in [-0.3, -0.25) is 9.59 Å². The van der Waals surface area contributed by atoms with Crippen molar-refractivity contribution in [2.24, 2.45) is 5.92 Å². The van der Waals surface area contributed by atoms with E-state index in [9.17, 15) is 9.59 Å². The number of rotatable bonds is 14. The smallest absolute Gasteiger partial charge is 0.315 e. The van der Waals surface area contributed by atoms with Gasteiger partial charge in [-0.15, -0.1) is 23.1 Å². The fourth-order valence-electron chi connectivity index (χ4n) is 4.04. The summed E-state index contributed by atoms with van der Waals surface area (Å²) in [5, 5.41) is 1.98. The molecule has 1 aromatic heterocycles. The van der Waals surface area contributed by atoms with E-state index in [1.54, 1.807) is 40.9 Å². The lowest BCUT2D eigenvalue weighted by atomic mass is 10.1. The number of esters is 1. The summed E-state index contributed by atoms with van der Waals surface area (Å²) in [6.45, 7) is 11.4. The number of allylic oxidation sites excluding steroid dienone is 3. The molecule has 3 atom stereocenters. The molecule has 39 heavy (non-hydrogen) atoms. The molecule has 1 aromatic carbocycles. The van der Waals surface area contributed by atoms with Gasteiger partial charge in [0.2, 0.25) is 0 Å². The molecule has 1 aliphatic carbocycles. The van der Waals surface area contributed by atoms with E-state index in [2.05, 4.69) is 69.0 Å². The molecule has 1 aliphatic rings. The van der Waals surface area contributed by atoms with Crippen molar-refractivity contribution < 1.29 is 18.8 Å². The molecule has 0 N–H and O–H groups in total. The summed E-state index contributed by atoms with van der Waals surface area (Å²) in [4.78, 5) is 25.1. The van der Waals surface area contributed by atoms with Crippen molar-refractivity contribution in [3.8, 4) is 0 Å². The standard InChI is InChI=1S/C30H41ClO4S3Si/c1-30(2,3)39(5,6)35-22(15-17-26-28(31)23-10-7-8-11-25(23)38-26)14-12-21-13-16-24(32)29(21)37-19-9-18-36-20-27(33)34-4/h7-8,10-14,16,21-22,29H,9,15,17-20H2,1-6H3/b14-12+. The van der Waals surface area contributed by atoms with Crippen LogP contribution in [0, 0.1) is 5.92 Å². The van der Waals surface area contributed by atoms with Crippen molar-refractivity contribution in [2.75, 3.05) is 24.4 Å². The van der Waals surface area contributed by atoms with Gasteiger partial charge in [-0.1, -0.05) is 68.8 Å². The van der Waals surface area contributed by atoms with E-state index < -0.39 is 8.32 Å². The highest BCUT2D eigenvalue weighted by atomic mass is 35.5. The molecule has 1 heterocycles. The van der Waals surface area contributed by atoms with Crippen LogP contribution in [-0.4, -0.2) is 55.8 Å². The topological polar surface area (TPSA) is 52.6 Å². The molecule has 2 aromatic rings. The van der Waals surface area contributed by atoms with Gasteiger partial charge in [-0.25, -0.2) is 0 Å². The first-order valence-electron chi connectivity index (χ1n) is 13.4. The first kappa shape index (κ1) is 32.5. The monoisotopic (exact) mass is 624 g/mol. The zero-order valence-corrected chi connectivity index (χ0v) is 28.0. The molecule has 0 spiro atoms. The number of fused-ring (bicyclic) bond motifs is 1. The molecule has 9 heteroatoms. The fraction of sp³-hybridized carbons (Fsp3) is 0.533. The molecular weight excluding hydrogens is 584 g/mol. The molecule has 0 amide bonds. The average Bonchev–Trinajstić information content (AvgIpc) is 3.40. The molecule has 0 saturated heterocycles. The number of methoxy groups -OCH3 is 1. The molecular formula is C30H41ClO4S3Si. The van der Waals surface area contributed by atoms with E-state index in [1.165, 1.54) is 16.7 Å². The zero-order chi connectivity index (χ0) is 28.6. The molecule has 214 valence electrons. The first-order valence-corrected chi connectivity index (χ1v) is 19.7. The van der Waals surface area contributed by atoms with Gasteiger partial charge in [0.05, 0.1) is 29.2 Å². The van der Waals surface area contributed by atoms with Gasteiger partial charge in [-0.2, -0.15) is 11.8 Å². The molecule has 0 aliphatic heterocycles. The minimum absolute atomic E-state index is 0.0448. The van der Waals surface area contributed by atoms with Gasteiger partial charge >= 0.3 is 5.97 Å². The quantitative estimate of drug-likeness (QED) is 0.0908. The van der Waals surface area contributed by atoms with Crippen LogP contribution in [0.1, 0.15) is 38.5 Å². The van der Waals surface area contributed by atoms with E-state index in [4.69, 9.17) is 16.0 Å². The van der Waals surface area contributed by atoms with Gasteiger partial charge in [0.25, 0.3) is 0 Å². The number of ether oxygens (including phenoxy) is 1. The molecule has 4 nitrogen and oxygen atoms in total. The highest BCUT2D eigenvalue weighted by molar-refractivity contribution is 8.01. The third-order valence-corrected chi connectivity index (χ3v) is 16.1. The summed E-state index contributed by atoms with van der Waals surface area (Å²) >= 11 is 11.8. The van der Waals surface area contributed by atoms with E-state index in [1.807, 2.05) is 12.1 Å². The van der Waals surface area contributed by atoms with Crippen LogP contribution in [0.15, 0.2) is 48.6 Å². The Morgan fingerprint density at radius 2 is 1.97 bits per heavy atom. The van der Waals surface area contributed by atoms with Crippen LogP contribution < -0.4 is 0 Å². The largest absolute Gasteiger partial charge is 0.468 e. The van der Waals surface area contributed by atoms with Crippen molar-refractivity contribution in [1.82, 2.24) is 0 Å². The number of ketones is 1. The van der Waals surface area contributed by atoms with Crippen LogP contribution in [0.4, 0.5) is 0 Å². The number of benzene rings is 1. The summed E-state index contributed by atoms with van der Waals surface area (Å²) in [5.41, 5.74) is 0. The molecule has 0 saturated carbocycles. The minimum Gasteiger partial charge on any atom is -0.468 e. The third-order valence-electron chi connectivity index (χ3n) is 7.35. The molecule has 0 bridgehead atoms. The van der Waals surface area contributed by atoms with Crippen molar-refractivity contribution >= 4 is 76.6 Å². The maximum Gasteiger partial charge on any atom is 0.315 e. The van der Waals surface area contributed by atoms with Crippen LogP contribution in [0.5, 0.6) is 0 Å². The molecule has 3 unspecified atom stereocenters. The number of carbonyl (C=O) groups excluding carboxylic acids is 2. The van der Waals surface area contributed by atoms with Crippen LogP contribution >= 0.6 is 46.5 Å². The van der Waals surface area contributed by atoms with Crippen LogP contribution in [-0.2, 0) is 25.2 Å². The van der Waals surface area contributed by atoms with E-state index in [0.717, 1.165) is 41.2 Å². The number of hydrogen-bond donors (Lipinski definition) is 0. The number of aryl methyl sites for hydroxylation is 1. The number of thioether (sulfide) groups is 2. The Morgan fingerprint density at radius 1 is 1.23 bits per heavy atom. The number of thiophene rings is 1. The summed E-state index contributed by atoms with van der Waals surface area (Å²) < 4.78 is 12.8. The highest BCUT2D eigenvalue weighted by Gasteiger charge is 2.39. The maximum atomic E-state index is 12.6. The molecule has 0 fully saturated rings. The van der Waals surface area contributed by atoms with Gasteiger partial charge in [-0.05, 0) is 61.0 Å². The van der Waals surface area contributed by atoms with Gasteiger partial charge in [0, 0.05) is 20.9 Å². The Kier molecular flexibility index (Phi) is 12.3. The fourth-order valence-corrected chi connectivity index (χ4v) is 9.06. The Balaban J connectivity index is 1.65. The van der Waals surface area contributed by atoms with E-state index in [0.29, 0.717) is 5.75 Å². The lowest BCUT2D eigenvalue weighted by Gasteiger charge is -2.38. The second-order valence-corrected chi connectivity index (χ2v) is 19.9.